The van der Waals surface area contributed by atoms with Gasteiger partial charge in [0.2, 0.25) is 5.95 Å². The molecule has 0 amide bonds. The number of fused-ring (bicyclic) bond motifs is 2. The maximum absolute atomic E-state index is 13.2. The Kier molecular flexibility index (Phi) is 6.37. The van der Waals surface area contributed by atoms with E-state index in [9.17, 15) is 9.00 Å². The summed E-state index contributed by atoms with van der Waals surface area (Å²) in [5.74, 6) is 1.69. The van der Waals surface area contributed by atoms with Crippen LogP contribution in [0.5, 0.6) is 0 Å². The number of nitrogens with one attached hydrogen (secondary N) is 1. The van der Waals surface area contributed by atoms with Gasteiger partial charge in [0, 0.05) is 48.3 Å². The Bertz CT molecular complexity index is 1630. The molecule has 1 aliphatic rings. The number of aromatic nitrogens is 6. The predicted molar refractivity (Wildman–Crippen MR) is 141 cm³/mol. The lowest BCUT2D eigenvalue weighted by Crippen LogP contribution is -2.28. The summed E-state index contributed by atoms with van der Waals surface area (Å²) in [6.07, 6.45) is 5.50. The van der Waals surface area contributed by atoms with Crippen molar-refractivity contribution in [3.8, 4) is 5.82 Å². The molecule has 0 aromatic carbocycles. The first-order chi connectivity index (χ1) is 17.3. The minimum absolute atomic E-state index is 0.239. The number of aryl methyl sites for hydroxylation is 1. The number of likely N-dealkylation sites (N-methyl/N-ethyl adjacent to an activating group) is 1. The fraction of sp³-hybridized carbons (Fsp3) is 0.292. The van der Waals surface area contributed by atoms with Crippen LogP contribution in [-0.4, -0.2) is 58.3 Å². The minimum Gasteiger partial charge on any atom is -0.309 e. The first-order valence-corrected chi connectivity index (χ1v) is 13.1. The number of pyridine rings is 2. The standard InChI is InChI=1S/C24H27N9O2S/c1-5-10-32-23(34)16-13-25-24(28-20-12-15(2)17-14-31(3)11-9-18(17)26-20)29-22(16)33(32)21-8-6-7-19(27-21)30-36(4)35/h5-8,12-13,36H,1,9-11,14H2,2-4H3,(H,25,26,28,29). The average Bonchev–Trinajstić information content (AvgIpc) is 3.10. The maximum Gasteiger partial charge on any atom is 0.278 e. The van der Waals surface area contributed by atoms with Crippen molar-refractivity contribution in [1.29, 1.82) is 0 Å². The molecule has 36 heavy (non-hydrogen) atoms. The highest BCUT2D eigenvalue weighted by Gasteiger charge is 2.20. The summed E-state index contributed by atoms with van der Waals surface area (Å²) in [5.41, 5.74) is 3.59. The molecule has 11 nitrogen and oxygen atoms in total. The highest BCUT2D eigenvalue weighted by atomic mass is 32.2. The van der Waals surface area contributed by atoms with Crippen molar-refractivity contribution in [1.82, 2.24) is 34.2 Å². The van der Waals surface area contributed by atoms with Gasteiger partial charge in [-0.25, -0.2) is 24.3 Å². The second kappa shape index (κ2) is 9.63. The lowest BCUT2D eigenvalue weighted by Gasteiger charge is -2.26. The lowest BCUT2D eigenvalue weighted by atomic mass is 10.0. The molecule has 4 aromatic heterocycles. The summed E-state index contributed by atoms with van der Waals surface area (Å²) in [6, 6.07) is 7.12. The van der Waals surface area contributed by atoms with Gasteiger partial charge in [-0.1, -0.05) is 12.1 Å². The van der Waals surface area contributed by atoms with Crippen LogP contribution in [0.3, 0.4) is 0 Å². The molecule has 1 unspecified atom stereocenters. The Morgan fingerprint density at radius 1 is 1.28 bits per heavy atom. The molecule has 5 rings (SSSR count). The molecular weight excluding hydrogens is 478 g/mol. The minimum atomic E-state index is -1.77. The van der Waals surface area contributed by atoms with Crippen molar-refractivity contribution in [3.63, 3.8) is 0 Å². The first-order valence-electron chi connectivity index (χ1n) is 11.5. The lowest BCUT2D eigenvalue weighted by molar-refractivity contribution is 0.309. The van der Waals surface area contributed by atoms with Gasteiger partial charge < -0.3 is 10.2 Å². The van der Waals surface area contributed by atoms with Gasteiger partial charge in [-0.15, -0.1) is 6.58 Å². The van der Waals surface area contributed by atoms with E-state index in [4.69, 9.17) is 4.98 Å². The van der Waals surface area contributed by atoms with Gasteiger partial charge in [-0.05, 0) is 43.3 Å². The quantitative estimate of drug-likeness (QED) is 0.303. The molecular formula is C24H27N9O2S. The molecule has 0 fully saturated rings. The third-order valence-corrected chi connectivity index (χ3v) is 6.48. The molecule has 0 aliphatic carbocycles. The van der Waals surface area contributed by atoms with Crippen LogP contribution < -0.4 is 10.9 Å². The number of nitrogens with zero attached hydrogens (tertiary/aromatic N) is 8. The van der Waals surface area contributed by atoms with E-state index in [0.29, 0.717) is 34.4 Å². The molecule has 1 atom stereocenters. The van der Waals surface area contributed by atoms with Crippen molar-refractivity contribution < 1.29 is 4.21 Å². The van der Waals surface area contributed by atoms with Gasteiger partial charge >= 0.3 is 0 Å². The fourth-order valence-electron chi connectivity index (χ4n) is 4.35. The molecule has 186 valence electrons. The van der Waals surface area contributed by atoms with Crippen LogP contribution in [0, 0.1) is 6.92 Å². The van der Waals surface area contributed by atoms with Crippen molar-refractivity contribution in [3.05, 3.63) is 70.3 Å². The second-order valence-electron chi connectivity index (χ2n) is 8.70. The molecule has 0 radical (unpaired) electrons. The van der Waals surface area contributed by atoms with Gasteiger partial charge in [0.05, 0.1) is 6.54 Å². The zero-order valence-corrected chi connectivity index (χ0v) is 21.2. The Morgan fingerprint density at radius 3 is 2.89 bits per heavy atom. The summed E-state index contributed by atoms with van der Waals surface area (Å²) >= 11 is 0. The van der Waals surface area contributed by atoms with Crippen LogP contribution in [0.2, 0.25) is 0 Å². The zero-order chi connectivity index (χ0) is 25.4. The van der Waals surface area contributed by atoms with Crippen molar-refractivity contribution in [2.45, 2.75) is 26.4 Å². The number of hydrogen-bond donors (Lipinski definition) is 2. The normalized spacial score (nSPS) is 14.6. The van der Waals surface area contributed by atoms with E-state index >= 15 is 0 Å². The first kappa shape index (κ1) is 23.8. The van der Waals surface area contributed by atoms with Gasteiger partial charge in [0.1, 0.15) is 11.2 Å². The van der Waals surface area contributed by atoms with E-state index in [2.05, 4.69) is 50.1 Å². The van der Waals surface area contributed by atoms with E-state index in [1.54, 1.807) is 29.0 Å². The number of anilines is 2. The van der Waals surface area contributed by atoms with Gasteiger partial charge in [-0.2, -0.15) is 9.35 Å². The van der Waals surface area contributed by atoms with Crippen molar-refractivity contribution in [2.24, 2.45) is 4.36 Å². The summed E-state index contributed by atoms with van der Waals surface area (Å²) in [7, 11) is 0.336. The monoisotopic (exact) mass is 505 g/mol. The molecule has 0 bridgehead atoms. The van der Waals surface area contributed by atoms with Gasteiger partial charge in [0.15, 0.2) is 17.3 Å². The Hall–Kier alpha value is -3.90. The van der Waals surface area contributed by atoms with E-state index in [-0.39, 0.29) is 12.1 Å². The summed E-state index contributed by atoms with van der Waals surface area (Å²) < 4.78 is 18.8. The molecule has 0 saturated heterocycles. The highest BCUT2D eigenvalue weighted by Crippen LogP contribution is 2.25. The third kappa shape index (κ3) is 4.52. The van der Waals surface area contributed by atoms with Crippen LogP contribution in [0.15, 0.2) is 52.3 Å². The van der Waals surface area contributed by atoms with Crippen molar-refractivity contribution >= 4 is 39.2 Å². The predicted octanol–water partition coefficient (Wildman–Crippen LogP) is 2.52. The zero-order valence-electron chi connectivity index (χ0n) is 20.3. The van der Waals surface area contributed by atoms with Gasteiger partial charge in [-0.3, -0.25) is 9.00 Å². The van der Waals surface area contributed by atoms with Gasteiger partial charge in [0.25, 0.3) is 5.56 Å². The summed E-state index contributed by atoms with van der Waals surface area (Å²) in [4.78, 5) is 33.8. The van der Waals surface area contributed by atoms with Crippen LogP contribution in [0.25, 0.3) is 16.9 Å². The van der Waals surface area contributed by atoms with E-state index in [0.717, 1.165) is 30.8 Å². The molecule has 0 spiro atoms. The average molecular weight is 506 g/mol. The van der Waals surface area contributed by atoms with E-state index in [1.807, 2.05) is 6.07 Å². The van der Waals surface area contributed by atoms with E-state index in [1.165, 1.54) is 22.7 Å². The summed E-state index contributed by atoms with van der Waals surface area (Å²) in [6.45, 7) is 7.93. The molecule has 1 N–H and O–H groups in total. The smallest absolute Gasteiger partial charge is 0.278 e. The molecule has 5 heterocycles. The van der Waals surface area contributed by atoms with Crippen LogP contribution in [0.4, 0.5) is 17.6 Å². The SMILES string of the molecule is C=CCn1c(=O)c2cnc(Nc3cc(C)c4c(n3)CCN(C)C4)nc2n1-c1cccc(/N=[SH](/C)=O)n1. The number of thiol groups is 1. The van der Waals surface area contributed by atoms with Crippen LogP contribution in [0.1, 0.15) is 16.8 Å². The molecule has 1 aliphatic heterocycles. The maximum atomic E-state index is 13.2. The molecule has 4 aromatic rings. The Labute approximate surface area is 209 Å². The fourth-order valence-corrected chi connectivity index (χ4v) is 4.75. The Balaban J connectivity index is 1.61. The highest BCUT2D eigenvalue weighted by molar-refractivity contribution is 7.74. The Morgan fingerprint density at radius 2 is 2.11 bits per heavy atom. The number of rotatable bonds is 6. The van der Waals surface area contributed by atoms with E-state index < -0.39 is 10.6 Å². The second-order valence-corrected chi connectivity index (χ2v) is 9.83. The molecule has 12 heteroatoms. The number of hydrogen-bond acceptors (Lipinski definition) is 9. The third-order valence-electron chi connectivity index (χ3n) is 5.99. The van der Waals surface area contributed by atoms with Crippen LogP contribution >= 0.6 is 0 Å². The molecule has 0 saturated carbocycles. The topological polar surface area (TPSA) is 123 Å². The van der Waals surface area contributed by atoms with Crippen LogP contribution in [-0.2, 0) is 30.1 Å². The number of allylic oxidation sites excluding steroid dienone is 1. The summed E-state index contributed by atoms with van der Waals surface area (Å²) in [5, 5.41) is 3.54. The largest absolute Gasteiger partial charge is 0.309 e. The van der Waals surface area contributed by atoms with Crippen molar-refractivity contribution in [2.75, 3.05) is 25.2 Å².